The van der Waals surface area contributed by atoms with Crippen molar-refractivity contribution >= 4 is 45.3 Å². The molecule has 4 aromatic carbocycles. The molecule has 6 rings (SSSR count). The van der Waals surface area contributed by atoms with Gasteiger partial charge in [0.1, 0.15) is 6.54 Å². The number of hydrogen-bond acceptors (Lipinski definition) is 3. The molecule has 1 amide bonds. The number of carbonyl (C=O) groups is 1. The zero-order valence-electron chi connectivity index (χ0n) is 18.8. The number of para-hydroxylation sites is 6. The first-order valence-corrected chi connectivity index (χ1v) is 11.2. The van der Waals surface area contributed by atoms with Crippen LogP contribution < -0.4 is 15.3 Å². The van der Waals surface area contributed by atoms with E-state index in [1.165, 1.54) is 0 Å². The monoisotopic (exact) mass is 526 g/mol. The maximum atomic E-state index is 13.8. The summed E-state index contributed by atoms with van der Waals surface area (Å²) in [6.07, 6.45) is 0. The zero-order valence-corrected chi connectivity index (χ0v) is 20.5. The van der Waals surface area contributed by atoms with E-state index < -0.39 is 0 Å². The van der Waals surface area contributed by atoms with Crippen LogP contribution in [0.15, 0.2) is 103 Å². The summed E-state index contributed by atoms with van der Waals surface area (Å²) in [5, 5.41) is 8.95. The molecule has 0 radical (unpaired) electrons. The molecule has 6 nitrogen and oxygen atoms in total. The molecule has 1 aliphatic rings. The van der Waals surface area contributed by atoms with Gasteiger partial charge in [0.2, 0.25) is 5.62 Å². The van der Waals surface area contributed by atoms with Crippen LogP contribution in [0.4, 0.5) is 11.4 Å². The molecule has 1 aromatic heterocycles. The van der Waals surface area contributed by atoms with Gasteiger partial charge >= 0.3 is 0 Å². The number of benzene rings is 4. The first-order valence-electron chi connectivity index (χ1n) is 11.2. The minimum Gasteiger partial charge on any atom is -0.453 e. The third kappa shape index (κ3) is 3.94. The van der Waals surface area contributed by atoms with Crippen LogP contribution in [-0.2, 0) is 17.9 Å². The molecule has 35 heavy (non-hydrogen) atoms. The SMILES string of the molecule is Br.N=c1n(CC(=O)N2c3ccccc3Oc3ccccc32)c2ccccc2n1Cc1ccccc1. The number of carbonyl (C=O) groups excluding carboxylic acids is 1. The van der Waals surface area contributed by atoms with Crippen molar-refractivity contribution < 1.29 is 9.53 Å². The first-order chi connectivity index (χ1) is 16.7. The summed E-state index contributed by atoms with van der Waals surface area (Å²) in [4.78, 5) is 15.5. The molecule has 0 saturated carbocycles. The number of rotatable bonds is 4. The fraction of sp³-hybridized carbons (Fsp3) is 0.0714. The molecule has 0 spiro atoms. The second-order valence-corrected chi connectivity index (χ2v) is 8.24. The molecule has 0 atom stereocenters. The Kier molecular flexibility index (Phi) is 6.01. The van der Waals surface area contributed by atoms with Crippen molar-refractivity contribution in [3.8, 4) is 11.5 Å². The Bertz CT molecular complexity index is 1540. The molecule has 0 saturated heterocycles. The molecule has 2 heterocycles. The van der Waals surface area contributed by atoms with Crippen LogP contribution in [-0.4, -0.2) is 15.0 Å². The molecular formula is C28H23BrN4O2. The number of amides is 1. The van der Waals surface area contributed by atoms with E-state index in [4.69, 9.17) is 10.1 Å². The second-order valence-electron chi connectivity index (χ2n) is 8.24. The highest BCUT2D eigenvalue weighted by Crippen LogP contribution is 2.46. The maximum absolute atomic E-state index is 13.8. The van der Waals surface area contributed by atoms with Crippen LogP contribution in [0.3, 0.4) is 0 Å². The van der Waals surface area contributed by atoms with Gasteiger partial charge in [-0.05, 0) is 42.0 Å². The summed E-state index contributed by atoms with van der Waals surface area (Å²) in [5.74, 6) is 1.14. The molecular weight excluding hydrogens is 504 g/mol. The van der Waals surface area contributed by atoms with E-state index in [1.807, 2.05) is 108 Å². The minimum atomic E-state index is -0.135. The Morgan fingerprint density at radius 3 is 1.83 bits per heavy atom. The molecule has 5 aromatic rings. The van der Waals surface area contributed by atoms with E-state index in [0.29, 0.717) is 29.4 Å². The van der Waals surface area contributed by atoms with Gasteiger partial charge in [-0.2, -0.15) is 0 Å². The van der Waals surface area contributed by atoms with Gasteiger partial charge in [0, 0.05) is 0 Å². The van der Waals surface area contributed by atoms with Gasteiger partial charge in [-0.1, -0.05) is 66.7 Å². The number of imidazole rings is 1. The van der Waals surface area contributed by atoms with Crippen LogP contribution in [0.1, 0.15) is 5.56 Å². The minimum absolute atomic E-state index is 0. The lowest BCUT2D eigenvalue weighted by atomic mass is 10.1. The Hall–Kier alpha value is -4.10. The van der Waals surface area contributed by atoms with Gasteiger partial charge in [0.25, 0.3) is 5.91 Å². The quantitative estimate of drug-likeness (QED) is 0.311. The third-order valence-electron chi connectivity index (χ3n) is 6.13. The summed E-state index contributed by atoms with van der Waals surface area (Å²) in [5.41, 5.74) is 4.57. The molecule has 0 unspecified atom stereocenters. The van der Waals surface area contributed by atoms with Crippen LogP contribution in [0, 0.1) is 5.41 Å². The van der Waals surface area contributed by atoms with Crippen molar-refractivity contribution in [3.05, 3.63) is 114 Å². The van der Waals surface area contributed by atoms with Crippen molar-refractivity contribution in [3.63, 3.8) is 0 Å². The van der Waals surface area contributed by atoms with Crippen molar-refractivity contribution in [1.29, 1.82) is 5.41 Å². The van der Waals surface area contributed by atoms with Crippen LogP contribution >= 0.6 is 17.0 Å². The Morgan fingerprint density at radius 1 is 0.686 bits per heavy atom. The topological polar surface area (TPSA) is 63.3 Å². The number of anilines is 2. The van der Waals surface area contributed by atoms with Gasteiger partial charge in [0.05, 0.1) is 29.0 Å². The highest BCUT2D eigenvalue weighted by atomic mass is 79.9. The van der Waals surface area contributed by atoms with Gasteiger partial charge in [0.15, 0.2) is 11.5 Å². The summed E-state index contributed by atoms with van der Waals surface area (Å²) >= 11 is 0. The average molecular weight is 527 g/mol. The lowest BCUT2D eigenvalue weighted by Crippen LogP contribution is -2.35. The third-order valence-corrected chi connectivity index (χ3v) is 6.13. The fourth-order valence-corrected chi connectivity index (χ4v) is 4.56. The van der Waals surface area contributed by atoms with Gasteiger partial charge in [-0.15, -0.1) is 17.0 Å². The number of fused-ring (bicyclic) bond motifs is 3. The summed E-state index contributed by atoms with van der Waals surface area (Å²) in [6.45, 7) is 0.592. The van der Waals surface area contributed by atoms with E-state index >= 15 is 0 Å². The fourth-order valence-electron chi connectivity index (χ4n) is 4.56. The molecule has 0 bridgehead atoms. The molecule has 0 aliphatic carbocycles. The Balaban J connectivity index is 0.00000253. The van der Waals surface area contributed by atoms with Crippen molar-refractivity contribution in [2.75, 3.05) is 4.90 Å². The number of nitrogens with zero attached hydrogens (tertiary/aromatic N) is 3. The number of nitrogens with one attached hydrogen (secondary N) is 1. The van der Waals surface area contributed by atoms with Crippen LogP contribution in [0.25, 0.3) is 11.0 Å². The summed E-state index contributed by atoms with van der Waals surface area (Å²) < 4.78 is 9.75. The number of halogens is 1. The number of aromatic nitrogens is 2. The summed E-state index contributed by atoms with van der Waals surface area (Å²) in [6, 6.07) is 33.0. The smallest absolute Gasteiger partial charge is 0.251 e. The van der Waals surface area contributed by atoms with E-state index in [0.717, 1.165) is 16.6 Å². The average Bonchev–Trinajstić information content (AvgIpc) is 3.13. The second kappa shape index (κ2) is 9.27. The van der Waals surface area contributed by atoms with E-state index in [9.17, 15) is 4.79 Å². The zero-order chi connectivity index (χ0) is 23.1. The van der Waals surface area contributed by atoms with E-state index in [2.05, 4.69) is 0 Å². The Morgan fingerprint density at radius 2 is 1.20 bits per heavy atom. The maximum Gasteiger partial charge on any atom is 0.251 e. The van der Waals surface area contributed by atoms with Crippen LogP contribution in [0.5, 0.6) is 11.5 Å². The van der Waals surface area contributed by atoms with Crippen molar-refractivity contribution in [2.24, 2.45) is 0 Å². The summed E-state index contributed by atoms with van der Waals surface area (Å²) in [7, 11) is 0. The normalized spacial score (nSPS) is 11.8. The first kappa shape index (κ1) is 22.7. The van der Waals surface area contributed by atoms with E-state index in [1.54, 1.807) is 9.47 Å². The standard InChI is InChI=1S/C28H22N4O2.BrH/c29-28-30(18-20-10-2-1-3-11-20)21-12-4-5-13-22(21)31(28)19-27(33)32-23-14-6-8-16-25(23)34-26-17-9-7-15-24(26)32;/h1-17,29H,18-19H2;1H. The number of hydrogen-bond donors (Lipinski definition) is 1. The molecule has 0 fully saturated rings. The van der Waals surface area contributed by atoms with Gasteiger partial charge in [-0.3, -0.25) is 15.1 Å². The lowest BCUT2D eigenvalue weighted by Gasteiger charge is -2.31. The van der Waals surface area contributed by atoms with Gasteiger partial charge < -0.3 is 13.9 Å². The Labute approximate surface area is 212 Å². The lowest BCUT2D eigenvalue weighted by molar-refractivity contribution is -0.118. The number of ether oxygens (including phenoxy) is 1. The highest BCUT2D eigenvalue weighted by molar-refractivity contribution is 8.93. The molecule has 174 valence electrons. The molecule has 1 aliphatic heterocycles. The highest BCUT2D eigenvalue weighted by Gasteiger charge is 2.29. The van der Waals surface area contributed by atoms with E-state index in [-0.39, 0.29) is 35.1 Å². The molecule has 7 heteroatoms. The van der Waals surface area contributed by atoms with Gasteiger partial charge in [-0.25, -0.2) is 0 Å². The predicted molar refractivity (Wildman–Crippen MR) is 142 cm³/mol. The van der Waals surface area contributed by atoms with Crippen molar-refractivity contribution in [2.45, 2.75) is 13.1 Å². The molecule has 1 N–H and O–H groups in total. The van der Waals surface area contributed by atoms with Crippen molar-refractivity contribution in [1.82, 2.24) is 9.13 Å². The largest absolute Gasteiger partial charge is 0.453 e. The predicted octanol–water partition coefficient (Wildman–Crippen LogP) is 6.02. The van der Waals surface area contributed by atoms with Crippen LogP contribution in [0.2, 0.25) is 0 Å².